The minimum absolute atomic E-state index is 0. The Morgan fingerprint density at radius 1 is 0.173 bits per heavy atom. The van der Waals surface area contributed by atoms with E-state index in [1.807, 2.05) is 342 Å². The van der Waals surface area contributed by atoms with E-state index in [-0.39, 0.29) is 80.4 Å². The van der Waals surface area contributed by atoms with E-state index in [0.29, 0.717) is 0 Å². The van der Waals surface area contributed by atoms with E-state index in [1.165, 1.54) is 55.6 Å². The second-order valence-corrected chi connectivity index (χ2v) is 27.7. The van der Waals surface area contributed by atoms with Crippen molar-refractivity contribution in [1.29, 1.82) is 0 Å². The molecule has 0 fully saturated rings. The topological polar surface area (TPSA) is 103 Å². The molecule has 0 N–H and O–H groups in total. The fraction of sp³-hybridized carbons (Fsp3) is 0.0261. The Hall–Kier alpha value is -13.6. The summed E-state index contributed by atoms with van der Waals surface area (Å²) in [5, 5.41) is 0. The second-order valence-electron chi connectivity index (χ2n) is 27.7. The van der Waals surface area contributed by atoms with Crippen LogP contribution in [0.15, 0.2) is 468 Å². The van der Waals surface area contributed by atoms with Crippen LogP contribution in [0.3, 0.4) is 0 Å². The molecule has 630 valence electrons. The standard InChI is InChI=1S/2C18H14N.2C17H12N.C12H10N.3C11H8N.4Ir/c1-14-7-12-18(19-13-14)17-10-8-16(9-11-17)15-5-3-2-4-6-15;1-14-11-12-19-18(13-14)17-9-7-16(8-10-17)15-5-3-2-4-6-15;1-2-7-14(8-3-1)15-9-6-10-16(13-15)17-11-4-5-12-18-17;1-2-6-14(7-3-1)15-9-11-16(12-10-15)17-8-4-5-13-18-17;1-10-6-5-9-12(13-10)11-7-3-2-4-8-11;3*1-2-6-10(7-3-1)11-8-4-5-9-12-11;;;;/h2-10,12-13H,1H3;2-9,11-13H,1H3;1-9,11-13H;1-11,13H;2-7,9H,1H3;3*1-6,8-9H;;;;/q8*-1;;;;. The van der Waals surface area contributed by atoms with Crippen LogP contribution in [0.25, 0.3) is 135 Å². The Balaban J connectivity index is 0.000000164. The number of rotatable bonds is 12. The van der Waals surface area contributed by atoms with Crippen molar-refractivity contribution in [3.63, 3.8) is 0 Å². The van der Waals surface area contributed by atoms with Gasteiger partial charge in [0.15, 0.2) is 0 Å². The van der Waals surface area contributed by atoms with E-state index in [0.717, 1.165) is 95.8 Å². The first kappa shape index (κ1) is 97.2. The van der Waals surface area contributed by atoms with E-state index >= 15 is 0 Å². The summed E-state index contributed by atoms with van der Waals surface area (Å²) in [6, 6.07) is 167. The molecule has 0 saturated carbocycles. The van der Waals surface area contributed by atoms with Crippen molar-refractivity contribution in [1.82, 2.24) is 39.9 Å². The van der Waals surface area contributed by atoms with Crippen LogP contribution in [-0.4, -0.2) is 39.9 Å². The van der Waals surface area contributed by atoms with Gasteiger partial charge in [-0.2, -0.15) is 0 Å². The third kappa shape index (κ3) is 31.6. The summed E-state index contributed by atoms with van der Waals surface area (Å²) < 4.78 is 0. The van der Waals surface area contributed by atoms with Crippen molar-refractivity contribution in [3.05, 3.63) is 533 Å². The summed E-state index contributed by atoms with van der Waals surface area (Å²) in [4.78, 5) is 34.5. The van der Waals surface area contributed by atoms with Gasteiger partial charge in [0.05, 0.1) is 0 Å². The van der Waals surface area contributed by atoms with Gasteiger partial charge < -0.3 is 39.9 Å². The third-order valence-electron chi connectivity index (χ3n) is 18.8. The Bertz CT molecular complexity index is 5940. The van der Waals surface area contributed by atoms with E-state index in [2.05, 4.69) is 205 Å². The molecule has 0 bridgehead atoms. The molecular formula is C115H86Ir4N8-8. The van der Waals surface area contributed by atoms with E-state index in [4.69, 9.17) is 0 Å². The van der Waals surface area contributed by atoms with Gasteiger partial charge in [-0.25, -0.2) is 0 Å². The molecule has 0 amide bonds. The van der Waals surface area contributed by atoms with Gasteiger partial charge in [0.25, 0.3) is 0 Å². The van der Waals surface area contributed by atoms with Gasteiger partial charge in [-0.3, -0.25) is 0 Å². The quantitative estimate of drug-likeness (QED) is 0.111. The summed E-state index contributed by atoms with van der Waals surface area (Å²) in [7, 11) is 0. The molecule has 0 spiro atoms. The van der Waals surface area contributed by atoms with E-state index in [9.17, 15) is 0 Å². The van der Waals surface area contributed by atoms with Gasteiger partial charge in [0.1, 0.15) is 0 Å². The van der Waals surface area contributed by atoms with Gasteiger partial charge in [-0.1, -0.05) is 251 Å². The van der Waals surface area contributed by atoms with Crippen LogP contribution < -0.4 is 0 Å². The molecule has 0 atom stereocenters. The smallest absolute Gasteiger partial charge is 0.0266 e. The van der Waals surface area contributed by atoms with Crippen LogP contribution in [0.1, 0.15) is 16.8 Å². The monoisotopic (exact) mass is 2350 g/mol. The molecule has 0 aliphatic carbocycles. The number of aromatic nitrogens is 8. The van der Waals surface area contributed by atoms with Crippen LogP contribution in [-0.2, 0) is 80.4 Å². The van der Waals surface area contributed by atoms with E-state index in [1.54, 1.807) is 31.0 Å². The average Bonchev–Trinajstić information content (AvgIpc) is 1.04. The normalized spacial score (nSPS) is 9.76. The zero-order valence-electron chi connectivity index (χ0n) is 69.9. The molecular weight excluding hydrogens is 2260 g/mol. The second kappa shape index (κ2) is 54.2. The maximum atomic E-state index is 4.42. The summed E-state index contributed by atoms with van der Waals surface area (Å²) in [6.07, 6.45) is 12.7. The van der Waals surface area contributed by atoms with Crippen LogP contribution in [0, 0.1) is 69.3 Å². The van der Waals surface area contributed by atoms with Crippen LogP contribution in [0.5, 0.6) is 0 Å². The van der Waals surface area contributed by atoms with Crippen molar-refractivity contribution in [2.75, 3.05) is 0 Å². The summed E-state index contributed by atoms with van der Waals surface area (Å²) in [5.41, 5.74) is 29.0. The molecule has 0 aliphatic rings. The molecule has 8 nitrogen and oxygen atoms in total. The molecule has 12 heteroatoms. The maximum Gasteiger partial charge on any atom is 0.0266 e. The minimum Gasteiger partial charge on any atom is -0.305 e. The SMILES string of the molecule is Cc1ccc(-c2[c-]cc(-c3ccccc3)cc2)nc1.Cc1cccc(-c2[c-]cccc2)n1.Cc1ccnc(-c2[c-]cc(-c3ccccc3)cc2)c1.[Ir].[Ir].[Ir].[Ir].[c-]1cc(-c2ccccc2)ccc1-c1ccccn1.[c-]1ccc(-c2ccccc2)cc1-c1ccccn1.[c-]1ccccc1-c1ccccn1.[c-]1ccccc1-c1ccccn1.[c-]1ccccc1-c1ccccn1. The van der Waals surface area contributed by atoms with Gasteiger partial charge in [-0.05, 0) is 120 Å². The molecule has 0 aliphatic heterocycles. The van der Waals surface area contributed by atoms with Crippen LogP contribution >= 0.6 is 0 Å². The Labute approximate surface area is 801 Å². The number of nitrogens with zero attached hydrogens (tertiary/aromatic N) is 8. The molecule has 127 heavy (non-hydrogen) atoms. The van der Waals surface area contributed by atoms with Gasteiger partial charge in [0.2, 0.25) is 0 Å². The molecule has 12 aromatic carbocycles. The van der Waals surface area contributed by atoms with Gasteiger partial charge in [0, 0.05) is 129 Å². The molecule has 4 radical (unpaired) electrons. The molecule has 0 saturated heterocycles. The zero-order valence-corrected chi connectivity index (χ0v) is 79.4. The molecule has 20 aromatic rings. The molecule has 8 aromatic heterocycles. The first-order valence-corrected chi connectivity index (χ1v) is 40.3. The Morgan fingerprint density at radius 3 is 0.795 bits per heavy atom. The average molecular weight is 2350 g/mol. The first-order chi connectivity index (χ1) is 60.8. The van der Waals surface area contributed by atoms with Gasteiger partial charge in [-0.15, -0.1) is 268 Å². The van der Waals surface area contributed by atoms with Gasteiger partial charge >= 0.3 is 0 Å². The summed E-state index contributed by atoms with van der Waals surface area (Å²) in [5.74, 6) is 0. The van der Waals surface area contributed by atoms with Crippen molar-refractivity contribution in [2.45, 2.75) is 20.8 Å². The molecule has 0 unspecified atom stereocenters. The largest absolute Gasteiger partial charge is 0.305 e. The zero-order chi connectivity index (χ0) is 84.3. The number of hydrogen-bond acceptors (Lipinski definition) is 8. The Kier molecular flexibility index (Phi) is 41.5. The molecule has 8 heterocycles. The molecule has 20 rings (SSSR count). The fourth-order valence-electron chi connectivity index (χ4n) is 12.4. The fourth-order valence-corrected chi connectivity index (χ4v) is 12.4. The predicted molar refractivity (Wildman–Crippen MR) is 504 cm³/mol. The number of hydrogen-bond donors (Lipinski definition) is 0. The Morgan fingerprint density at radius 2 is 0.480 bits per heavy atom. The summed E-state index contributed by atoms with van der Waals surface area (Å²) >= 11 is 0. The third-order valence-corrected chi connectivity index (χ3v) is 18.8. The number of benzene rings is 12. The van der Waals surface area contributed by atoms with E-state index < -0.39 is 0 Å². The minimum atomic E-state index is 0. The predicted octanol–water partition coefficient (Wildman–Crippen LogP) is 28.0. The number of aryl methyl sites for hydroxylation is 3. The first-order valence-electron chi connectivity index (χ1n) is 40.3. The van der Waals surface area contributed by atoms with Crippen molar-refractivity contribution < 1.29 is 80.4 Å². The van der Waals surface area contributed by atoms with Crippen LogP contribution in [0.4, 0.5) is 0 Å². The number of pyridine rings is 8. The summed E-state index contributed by atoms with van der Waals surface area (Å²) in [6.45, 7) is 6.11. The van der Waals surface area contributed by atoms with Crippen molar-refractivity contribution >= 4 is 0 Å². The van der Waals surface area contributed by atoms with Crippen molar-refractivity contribution in [2.24, 2.45) is 0 Å². The van der Waals surface area contributed by atoms with Crippen molar-refractivity contribution in [3.8, 4) is 135 Å². The maximum absolute atomic E-state index is 4.42. The van der Waals surface area contributed by atoms with Crippen LogP contribution in [0.2, 0.25) is 0 Å².